The van der Waals surface area contributed by atoms with E-state index in [0.29, 0.717) is 35.5 Å². The number of phenolic OH excluding ortho intramolecular Hbond substituents is 2. The number of furan rings is 1. The number of aryl methyl sites for hydroxylation is 1. The third kappa shape index (κ3) is 3.97. The topological polar surface area (TPSA) is 97.0 Å². The van der Waals surface area contributed by atoms with Gasteiger partial charge in [0.2, 0.25) is 0 Å². The summed E-state index contributed by atoms with van der Waals surface area (Å²) in [4.78, 5) is 22.7. The Hall–Kier alpha value is -2.28. The fraction of sp³-hybridized carbons (Fsp3) is 0.294. The molecule has 2 aromatic rings. The molecule has 0 bridgehead atoms. The minimum Gasteiger partial charge on any atom is -0.507 e. The van der Waals surface area contributed by atoms with Crippen molar-refractivity contribution in [1.82, 2.24) is 0 Å². The van der Waals surface area contributed by atoms with E-state index in [1.807, 2.05) is 0 Å². The van der Waals surface area contributed by atoms with Crippen molar-refractivity contribution in [3.8, 4) is 22.8 Å². The quantitative estimate of drug-likeness (QED) is 0.726. The van der Waals surface area contributed by atoms with E-state index in [9.17, 15) is 19.8 Å². The Morgan fingerprint density at radius 1 is 1.25 bits per heavy atom. The molecule has 1 aromatic carbocycles. The lowest BCUT2D eigenvalue weighted by molar-refractivity contribution is -0.139. The highest BCUT2D eigenvalue weighted by atomic mass is 79.9. The molecule has 128 valence electrons. The highest BCUT2D eigenvalue weighted by molar-refractivity contribution is 9.10. The average Bonchev–Trinajstić information content (AvgIpc) is 2.98. The van der Waals surface area contributed by atoms with Crippen molar-refractivity contribution < 1.29 is 29.0 Å². The number of methoxy groups -OCH3 is 1. The van der Waals surface area contributed by atoms with Crippen LogP contribution in [0.15, 0.2) is 27.1 Å². The minimum atomic E-state index is -0.523. The van der Waals surface area contributed by atoms with Gasteiger partial charge in [0.1, 0.15) is 28.8 Å². The molecule has 0 aliphatic heterocycles. The fourth-order valence-corrected chi connectivity index (χ4v) is 2.74. The number of hydrogen-bond acceptors (Lipinski definition) is 6. The first-order valence-electron chi connectivity index (χ1n) is 7.22. The van der Waals surface area contributed by atoms with Gasteiger partial charge in [-0.1, -0.05) is 0 Å². The largest absolute Gasteiger partial charge is 0.507 e. The Morgan fingerprint density at radius 2 is 1.96 bits per heavy atom. The number of carbonyl (C=O) groups excluding carboxylic acids is 2. The van der Waals surface area contributed by atoms with Crippen LogP contribution >= 0.6 is 15.9 Å². The van der Waals surface area contributed by atoms with Crippen LogP contribution in [0.3, 0.4) is 0 Å². The van der Waals surface area contributed by atoms with Gasteiger partial charge in [-0.05, 0) is 40.5 Å². The lowest BCUT2D eigenvalue weighted by Gasteiger charge is -2.12. The molecular formula is C17H17BrO6. The Labute approximate surface area is 147 Å². The molecular weight excluding hydrogens is 380 g/mol. The van der Waals surface area contributed by atoms with E-state index in [0.717, 1.165) is 6.07 Å². The molecule has 0 atom stereocenters. The van der Waals surface area contributed by atoms with Crippen LogP contribution in [0.25, 0.3) is 11.3 Å². The van der Waals surface area contributed by atoms with Crippen molar-refractivity contribution in [2.24, 2.45) is 0 Å². The minimum absolute atomic E-state index is 0.0505. The molecule has 24 heavy (non-hydrogen) atoms. The third-order valence-corrected chi connectivity index (χ3v) is 4.39. The molecule has 1 heterocycles. The van der Waals surface area contributed by atoms with Crippen LogP contribution in [-0.2, 0) is 27.2 Å². The Balaban J connectivity index is 2.47. The summed E-state index contributed by atoms with van der Waals surface area (Å²) >= 11 is 3.22. The lowest BCUT2D eigenvalue weighted by atomic mass is 10.0. The highest BCUT2D eigenvalue weighted by Crippen LogP contribution is 2.43. The van der Waals surface area contributed by atoms with E-state index in [-0.39, 0.29) is 28.2 Å². The molecule has 0 unspecified atom stereocenters. The van der Waals surface area contributed by atoms with Gasteiger partial charge < -0.3 is 24.2 Å². The molecule has 0 saturated carbocycles. The van der Waals surface area contributed by atoms with Crippen LogP contribution < -0.4 is 0 Å². The molecule has 0 saturated heterocycles. The number of rotatable bonds is 6. The summed E-state index contributed by atoms with van der Waals surface area (Å²) in [5, 5.41) is 20.1. The standard InChI is InChI=1S/C17H17BrO6/c1-9(19)3-4-10-5-6-14(24-10)16-11(7-15(22)23-2)17(18)13(21)8-12(16)20/h5-6,8,20-21H,3-4,7H2,1-2H3. The first kappa shape index (κ1) is 18.1. The number of ketones is 1. The normalized spacial score (nSPS) is 10.6. The number of esters is 1. The first-order valence-corrected chi connectivity index (χ1v) is 8.01. The lowest BCUT2D eigenvalue weighted by Crippen LogP contribution is -2.06. The van der Waals surface area contributed by atoms with E-state index in [2.05, 4.69) is 20.7 Å². The van der Waals surface area contributed by atoms with Crippen molar-refractivity contribution in [2.45, 2.75) is 26.2 Å². The Bertz CT molecular complexity index is 778. The molecule has 0 radical (unpaired) electrons. The molecule has 0 amide bonds. The molecule has 0 fully saturated rings. The first-order chi connectivity index (χ1) is 11.3. The van der Waals surface area contributed by atoms with Gasteiger partial charge in [0.25, 0.3) is 0 Å². The van der Waals surface area contributed by atoms with E-state index in [4.69, 9.17) is 4.42 Å². The zero-order chi connectivity index (χ0) is 17.9. The van der Waals surface area contributed by atoms with Crippen LogP contribution in [0.4, 0.5) is 0 Å². The Morgan fingerprint density at radius 3 is 2.58 bits per heavy atom. The number of aromatic hydroxyl groups is 2. The highest BCUT2D eigenvalue weighted by Gasteiger charge is 2.22. The second-order valence-electron chi connectivity index (χ2n) is 5.30. The maximum Gasteiger partial charge on any atom is 0.310 e. The summed E-state index contributed by atoms with van der Waals surface area (Å²) in [6.45, 7) is 1.50. The summed E-state index contributed by atoms with van der Waals surface area (Å²) in [7, 11) is 1.26. The Kier molecular flexibility index (Phi) is 5.66. The van der Waals surface area contributed by atoms with Crippen molar-refractivity contribution in [3.05, 3.63) is 34.0 Å². The van der Waals surface area contributed by atoms with E-state index < -0.39 is 5.97 Å². The van der Waals surface area contributed by atoms with E-state index >= 15 is 0 Å². The summed E-state index contributed by atoms with van der Waals surface area (Å²) < 4.78 is 10.6. The van der Waals surface area contributed by atoms with Gasteiger partial charge in [-0.3, -0.25) is 4.79 Å². The second-order valence-corrected chi connectivity index (χ2v) is 6.10. The van der Waals surface area contributed by atoms with Crippen LogP contribution in [0.5, 0.6) is 11.5 Å². The van der Waals surface area contributed by atoms with Crippen LogP contribution in [0.2, 0.25) is 0 Å². The van der Waals surface area contributed by atoms with Crippen LogP contribution in [0, 0.1) is 0 Å². The second kappa shape index (κ2) is 7.53. The van der Waals surface area contributed by atoms with Crippen LogP contribution in [-0.4, -0.2) is 29.1 Å². The number of ether oxygens (including phenoxy) is 1. The smallest absolute Gasteiger partial charge is 0.310 e. The van der Waals surface area contributed by atoms with Crippen molar-refractivity contribution in [2.75, 3.05) is 7.11 Å². The predicted molar refractivity (Wildman–Crippen MR) is 89.9 cm³/mol. The molecule has 0 aliphatic rings. The number of benzene rings is 1. The molecule has 2 rings (SSSR count). The van der Waals surface area contributed by atoms with Gasteiger partial charge in [0.15, 0.2) is 0 Å². The average molecular weight is 397 g/mol. The molecule has 2 N–H and O–H groups in total. The van der Waals surface area contributed by atoms with Gasteiger partial charge in [-0.25, -0.2) is 0 Å². The molecule has 0 spiro atoms. The van der Waals surface area contributed by atoms with Crippen molar-refractivity contribution >= 4 is 27.7 Å². The molecule has 6 nitrogen and oxygen atoms in total. The van der Waals surface area contributed by atoms with Crippen molar-refractivity contribution in [3.63, 3.8) is 0 Å². The van der Waals surface area contributed by atoms with Gasteiger partial charge >= 0.3 is 5.97 Å². The maximum absolute atomic E-state index is 11.6. The third-order valence-electron chi connectivity index (χ3n) is 3.50. The van der Waals surface area contributed by atoms with Crippen LogP contribution in [0.1, 0.15) is 24.7 Å². The summed E-state index contributed by atoms with van der Waals surface area (Å²) in [5.41, 5.74) is 0.644. The number of halogens is 1. The zero-order valence-electron chi connectivity index (χ0n) is 13.3. The summed E-state index contributed by atoms with van der Waals surface area (Å²) in [6, 6.07) is 4.52. The predicted octanol–water partition coefficient (Wildman–Crippen LogP) is 3.36. The van der Waals surface area contributed by atoms with Gasteiger partial charge in [0.05, 0.1) is 23.6 Å². The number of phenols is 2. The zero-order valence-corrected chi connectivity index (χ0v) is 14.8. The fourth-order valence-electron chi connectivity index (χ4n) is 2.29. The van der Waals surface area contributed by atoms with Gasteiger partial charge in [-0.2, -0.15) is 0 Å². The molecule has 7 heteroatoms. The van der Waals surface area contributed by atoms with Crippen molar-refractivity contribution in [1.29, 1.82) is 0 Å². The van der Waals surface area contributed by atoms with E-state index in [1.54, 1.807) is 12.1 Å². The summed E-state index contributed by atoms with van der Waals surface area (Å²) in [6.07, 6.45) is 0.646. The number of carbonyl (C=O) groups is 2. The SMILES string of the molecule is COC(=O)Cc1c(Br)c(O)cc(O)c1-c1ccc(CCC(C)=O)o1. The maximum atomic E-state index is 11.6. The molecule has 0 aliphatic carbocycles. The van der Waals surface area contributed by atoms with E-state index in [1.165, 1.54) is 14.0 Å². The monoisotopic (exact) mass is 396 g/mol. The van der Waals surface area contributed by atoms with Gasteiger partial charge in [0, 0.05) is 18.9 Å². The number of hydrogen-bond donors (Lipinski definition) is 2. The molecule has 1 aromatic heterocycles. The van der Waals surface area contributed by atoms with Gasteiger partial charge in [-0.15, -0.1) is 0 Å². The number of Topliss-reactive ketones (excluding diaryl/α,β-unsaturated/α-hetero) is 1. The summed E-state index contributed by atoms with van der Waals surface area (Å²) in [5.74, 6) is 0.0407.